The first kappa shape index (κ1) is 24.0. The molecule has 2 aliphatic rings. The molecule has 2 rings (SSSR count). The number of guanidine groups is 1. The molecular weight excluding hydrogens is 439 g/mol. The molecule has 2 heterocycles. The number of nitrogens with one attached hydrogen (secondary N) is 1. The maximum atomic E-state index is 5.52. The molecule has 0 bridgehead atoms. The predicted molar refractivity (Wildman–Crippen MR) is 122 cm³/mol. The van der Waals surface area contributed by atoms with Gasteiger partial charge in [0.2, 0.25) is 0 Å². The van der Waals surface area contributed by atoms with Crippen molar-refractivity contribution >= 4 is 29.9 Å². The van der Waals surface area contributed by atoms with Crippen LogP contribution in [0.5, 0.6) is 0 Å². The standard InChI is InChI=1S/C20H40N4O.HI/c1-6-21-20(23(5)14-18-9-12-25-15-18)22-13-19(16(2)3)24-10-7-17(4)8-11-24;/h16-19H,6-15H2,1-5H3,(H,21,22);1H. The Balaban J connectivity index is 0.00000338. The Morgan fingerprint density at radius 3 is 2.50 bits per heavy atom. The minimum atomic E-state index is 0. The lowest BCUT2D eigenvalue weighted by atomic mass is 9.94. The molecular formula is C20H41IN4O. The zero-order valence-corrected chi connectivity index (χ0v) is 19.9. The molecule has 2 fully saturated rings. The van der Waals surface area contributed by atoms with Crippen molar-refractivity contribution in [2.75, 3.05) is 53.0 Å². The van der Waals surface area contributed by atoms with Crippen molar-refractivity contribution in [1.82, 2.24) is 15.1 Å². The summed E-state index contributed by atoms with van der Waals surface area (Å²) in [6.45, 7) is 16.3. The third kappa shape index (κ3) is 7.50. The van der Waals surface area contributed by atoms with Gasteiger partial charge in [0.05, 0.1) is 13.2 Å². The van der Waals surface area contributed by atoms with Gasteiger partial charge in [0.15, 0.2) is 5.96 Å². The minimum Gasteiger partial charge on any atom is -0.381 e. The largest absolute Gasteiger partial charge is 0.381 e. The van der Waals surface area contributed by atoms with E-state index in [2.05, 4.69) is 49.9 Å². The Kier molecular flexibility index (Phi) is 11.4. The predicted octanol–water partition coefficient (Wildman–Crippen LogP) is 3.29. The highest BCUT2D eigenvalue weighted by molar-refractivity contribution is 14.0. The third-order valence-corrected chi connectivity index (χ3v) is 5.74. The van der Waals surface area contributed by atoms with Crippen LogP contribution in [-0.4, -0.2) is 74.8 Å². The summed E-state index contributed by atoms with van der Waals surface area (Å²) in [5.74, 6) is 3.20. The van der Waals surface area contributed by atoms with E-state index in [1.807, 2.05) is 0 Å². The summed E-state index contributed by atoms with van der Waals surface area (Å²) in [6, 6.07) is 0.546. The van der Waals surface area contributed by atoms with Crippen LogP contribution in [-0.2, 0) is 4.74 Å². The lowest BCUT2D eigenvalue weighted by molar-refractivity contribution is 0.113. The number of nitrogens with zero attached hydrogens (tertiary/aromatic N) is 3. The Bertz CT molecular complexity index is 405. The van der Waals surface area contributed by atoms with Crippen molar-refractivity contribution in [3.8, 4) is 0 Å². The van der Waals surface area contributed by atoms with Gasteiger partial charge in [-0.25, -0.2) is 0 Å². The van der Waals surface area contributed by atoms with Crippen LogP contribution in [0.2, 0.25) is 0 Å². The molecule has 2 aliphatic heterocycles. The molecule has 0 amide bonds. The number of hydrogen-bond acceptors (Lipinski definition) is 3. The van der Waals surface area contributed by atoms with Gasteiger partial charge in [0.1, 0.15) is 0 Å². The van der Waals surface area contributed by atoms with Gasteiger partial charge in [0.25, 0.3) is 0 Å². The summed E-state index contributed by atoms with van der Waals surface area (Å²) in [6.07, 6.45) is 3.83. The van der Waals surface area contributed by atoms with E-state index in [0.29, 0.717) is 17.9 Å². The van der Waals surface area contributed by atoms with Crippen molar-refractivity contribution in [3.05, 3.63) is 0 Å². The van der Waals surface area contributed by atoms with Crippen molar-refractivity contribution in [3.63, 3.8) is 0 Å². The molecule has 0 spiro atoms. The molecule has 1 N–H and O–H groups in total. The fraction of sp³-hybridized carbons (Fsp3) is 0.950. The molecule has 6 heteroatoms. The molecule has 5 nitrogen and oxygen atoms in total. The summed E-state index contributed by atoms with van der Waals surface area (Å²) in [7, 11) is 2.16. The average molecular weight is 480 g/mol. The molecule has 2 unspecified atom stereocenters. The van der Waals surface area contributed by atoms with E-state index >= 15 is 0 Å². The Morgan fingerprint density at radius 2 is 1.96 bits per heavy atom. The fourth-order valence-electron chi connectivity index (χ4n) is 3.96. The van der Waals surface area contributed by atoms with Crippen molar-refractivity contribution < 1.29 is 4.74 Å². The number of ether oxygens (including phenoxy) is 1. The van der Waals surface area contributed by atoms with Crippen LogP contribution in [0.4, 0.5) is 0 Å². The van der Waals surface area contributed by atoms with E-state index in [9.17, 15) is 0 Å². The maximum Gasteiger partial charge on any atom is 0.193 e. The number of halogens is 1. The van der Waals surface area contributed by atoms with E-state index in [1.165, 1.54) is 32.4 Å². The van der Waals surface area contributed by atoms with Gasteiger partial charge in [-0.05, 0) is 51.1 Å². The van der Waals surface area contributed by atoms with Gasteiger partial charge >= 0.3 is 0 Å². The molecule has 2 atom stereocenters. The summed E-state index contributed by atoms with van der Waals surface area (Å²) in [5.41, 5.74) is 0. The molecule has 0 aromatic carbocycles. The lowest BCUT2D eigenvalue weighted by Crippen LogP contribution is -2.47. The first-order valence-corrected chi connectivity index (χ1v) is 10.3. The second-order valence-electron chi connectivity index (χ2n) is 8.33. The molecule has 0 saturated carbocycles. The van der Waals surface area contributed by atoms with Crippen LogP contribution in [0.3, 0.4) is 0 Å². The van der Waals surface area contributed by atoms with Crippen LogP contribution in [0, 0.1) is 17.8 Å². The van der Waals surface area contributed by atoms with Crippen LogP contribution in [0.1, 0.15) is 47.0 Å². The second kappa shape index (κ2) is 12.4. The summed E-state index contributed by atoms with van der Waals surface area (Å²) >= 11 is 0. The number of hydrogen-bond donors (Lipinski definition) is 1. The fourth-order valence-corrected chi connectivity index (χ4v) is 3.96. The molecule has 0 aromatic heterocycles. The monoisotopic (exact) mass is 480 g/mol. The smallest absolute Gasteiger partial charge is 0.193 e. The SMILES string of the molecule is CCNC(=NCC(C(C)C)N1CCC(C)CC1)N(C)CC1CCOC1.I. The van der Waals surface area contributed by atoms with Gasteiger partial charge < -0.3 is 15.0 Å². The highest BCUT2D eigenvalue weighted by Gasteiger charge is 2.26. The van der Waals surface area contributed by atoms with E-state index in [-0.39, 0.29) is 24.0 Å². The maximum absolute atomic E-state index is 5.52. The van der Waals surface area contributed by atoms with Crippen molar-refractivity contribution in [1.29, 1.82) is 0 Å². The van der Waals surface area contributed by atoms with Crippen molar-refractivity contribution in [2.45, 2.75) is 53.0 Å². The van der Waals surface area contributed by atoms with Crippen LogP contribution in [0.25, 0.3) is 0 Å². The zero-order valence-electron chi connectivity index (χ0n) is 17.5. The zero-order chi connectivity index (χ0) is 18.2. The summed E-state index contributed by atoms with van der Waals surface area (Å²) < 4.78 is 5.52. The second-order valence-corrected chi connectivity index (χ2v) is 8.33. The highest BCUT2D eigenvalue weighted by atomic mass is 127. The van der Waals surface area contributed by atoms with Crippen LogP contribution < -0.4 is 5.32 Å². The van der Waals surface area contributed by atoms with E-state index in [1.54, 1.807) is 0 Å². The molecule has 26 heavy (non-hydrogen) atoms. The number of rotatable bonds is 7. The topological polar surface area (TPSA) is 40.1 Å². The Morgan fingerprint density at radius 1 is 1.27 bits per heavy atom. The normalized spacial score (nSPS) is 23.8. The van der Waals surface area contributed by atoms with Gasteiger partial charge in [-0.2, -0.15) is 0 Å². The number of likely N-dealkylation sites (tertiary alicyclic amines) is 1. The third-order valence-electron chi connectivity index (χ3n) is 5.74. The van der Waals surface area contributed by atoms with Gasteiger partial charge in [-0.3, -0.25) is 9.89 Å². The van der Waals surface area contributed by atoms with E-state index < -0.39 is 0 Å². The first-order valence-electron chi connectivity index (χ1n) is 10.3. The molecule has 2 saturated heterocycles. The van der Waals surface area contributed by atoms with Gasteiger partial charge in [-0.15, -0.1) is 24.0 Å². The molecule has 154 valence electrons. The minimum absolute atomic E-state index is 0. The quantitative estimate of drug-likeness (QED) is 0.345. The molecule has 0 aliphatic carbocycles. The lowest BCUT2D eigenvalue weighted by Gasteiger charge is -2.38. The number of piperidine rings is 1. The van der Waals surface area contributed by atoms with E-state index in [4.69, 9.17) is 9.73 Å². The van der Waals surface area contributed by atoms with Crippen LogP contribution in [0.15, 0.2) is 4.99 Å². The average Bonchev–Trinajstić information content (AvgIpc) is 3.08. The van der Waals surface area contributed by atoms with E-state index in [0.717, 1.165) is 44.7 Å². The Labute approximate surface area is 178 Å². The van der Waals surface area contributed by atoms with Crippen LogP contribution >= 0.6 is 24.0 Å². The molecule has 0 radical (unpaired) electrons. The van der Waals surface area contributed by atoms with Crippen molar-refractivity contribution in [2.24, 2.45) is 22.7 Å². The number of aliphatic imine (C=N–C) groups is 1. The van der Waals surface area contributed by atoms with Gasteiger partial charge in [-0.1, -0.05) is 20.8 Å². The summed E-state index contributed by atoms with van der Waals surface area (Å²) in [4.78, 5) is 9.98. The first-order chi connectivity index (χ1) is 12.0. The highest BCUT2D eigenvalue weighted by Crippen LogP contribution is 2.21. The Hall–Kier alpha value is -0.0800. The molecule has 0 aromatic rings. The summed E-state index contributed by atoms with van der Waals surface area (Å²) in [5, 5.41) is 3.48. The van der Waals surface area contributed by atoms with Gasteiger partial charge in [0, 0.05) is 38.7 Å².